The van der Waals surface area contributed by atoms with Crippen molar-refractivity contribution in [3.05, 3.63) is 30.1 Å². The summed E-state index contributed by atoms with van der Waals surface area (Å²) in [5.74, 6) is -0.776. The monoisotopic (exact) mass is 424 g/mol. The van der Waals surface area contributed by atoms with E-state index in [1.54, 1.807) is 29.7 Å². The Morgan fingerprint density at radius 2 is 1.93 bits per heavy atom. The summed E-state index contributed by atoms with van der Waals surface area (Å²) in [4.78, 5) is 38.8. The van der Waals surface area contributed by atoms with Crippen LogP contribution < -0.4 is 16.4 Å². The average molecular weight is 425 g/mol. The number of likely N-dealkylation sites (tertiary alicyclic amines) is 1. The van der Waals surface area contributed by atoms with E-state index < -0.39 is 23.8 Å². The molecule has 1 aromatic rings. The van der Waals surface area contributed by atoms with Gasteiger partial charge in [0.2, 0.25) is 17.7 Å². The number of anilines is 1. The second kappa shape index (κ2) is 11.2. The minimum atomic E-state index is -0.804. The maximum absolute atomic E-state index is 13.6. The number of nitrogens with two attached hydrogens (primary N) is 1. The van der Waals surface area contributed by atoms with Crippen molar-refractivity contribution in [2.45, 2.75) is 38.3 Å². The van der Waals surface area contributed by atoms with Crippen LogP contribution in [0.3, 0.4) is 0 Å². The van der Waals surface area contributed by atoms with Gasteiger partial charge in [0.05, 0.1) is 11.7 Å². The molecule has 2 atom stereocenters. The molecule has 2 rings (SSSR count). The Hall–Kier alpha value is -2.13. The zero-order valence-electron chi connectivity index (χ0n) is 16.8. The van der Waals surface area contributed by atoms with Crippen LogP contribution in [0.4, 0.5) is 10.1 Å². The Balaban J connectivity index is 1.79. The van der Waals surface area contributed by atoms with E-state index >= 15 is 0 Å². The van der Waals surface area contributed by atoms with Gasteiger partial charge in [-0.3, -0.25) is 14.4 Å². The lowest BCUT2D eigenvalue weighted by molar-refractivity contribution is -0.137. The number of hydrogen-bond donors (Lipinski definition) is 3. The summed E-state index contributed by atoms with van der Waals surface area (Å²) in [7, 11) is 0. The molecule has 4 N–H and O–H groups in total. The number of hydrogen-bond acceptors (Lipinski definition) is 5. The molecule has 1 heterocycles. The maximum Gasteiger partial charge on any atom is 0.246 e. The molecule has 7 nitrogen and oxygen atoms in total. The Bertz CT molecular complexity index is 725. The first-order valence-electron chi connectivity index (χ1n) is 9.72. The Morgan fingerprint density at radius 3 is 2.55 bits per heavy atom. The van der Waals surface area contributed by atoms with Crippen LogP contribution in [0.15, 0.2) is 24.3 Å². The van der Waals surface area contributed by atoms with Gasteiger partial charge in [-0.15, -0.1) is 0 Å². The lowest BCUT2D eigenvalue weighted by Gasteiger charge is -2.33. The fourth-order valence-electron chi connectivity index (χ4n) is 3.17. The van der Waals surface area contributed by atoms with E-state index in [0.717, 1.165) is 5.75 Å². The number of carbonyl (C=O) groups is 3. The average Bonchev–Trinajstić information content (AvgIpc) is 2.73. The summed E-state index contributed by atoms with van der Waals surface area (Å²) < 4.78 is 13.6. The number of halogens is 1. The van der Waals surface area contributed by atoms with Crippen molar-refractivity contribution < 1.29 is 18.8 Å². The number of carbonyl (C=O) groups excluding carboxylic acids is 3. The van der Waals surface area contributed by atoms with Crippen LogP contribution in [-0.4, -0.2) is 59.8 Å². The first kappa shape index (κ1) is 23.2. The predicted molar refractivity (Wildman–Crippen MR) is 113 cm³/mol. The van der Waals surface area contributed by atoms with Crippen LogP contribution in [-0.2, 0) is 14.4 Å². The second-order valence-corrected chi connectivity index (χ2v) is 8.17. The minimum Gasteiger partial charge on any atom is -0.344 e. The molecule has 0 bridgehead atoms. The van der Waals surface area contributed by atoms with E-state index in [0.29, 0.717) is 32.4 Å². The number of thioether (sulfide) groups is 1. The van der Waals surface area contributed by atoms with Crippen LogP contribution in [0, 0.1) is 11.7 Å². The van der Waals surface area contributed by atoms with Gasteiger partial charge < -0.3 is 21.3 Å². The summed E-state index contributed by atoms with van der Waals surface area (Å²) in [5.41, 5.74) is 6.02. The maximum atomic E-state index is 13.6. The van der Waals surface area contributed by atoms with E-state index in [9.17, 15) is 18.8 Å². The Labute approximate surface area is 175 Å². The van der Waals surface area contributed by atoms with Gasteiger partial charge in [0, 0.05) is 19.0 Å². The fourth-order valence-corrected chi connectivity index (χ4v) is 3.65. The summed E-state index contributed by atoms with van der Waals surface area (Å²) in [6, 6.07) is 4.54. The summed E-state index contributed by atoms with van der Waals surface area (Å²) in [5, 5.41) is 5.15. The Morgan fingerprint density at radius 1 is 1.28 bits per heavy atom. The van der Waals surface area contributed by atoms with Gasteiger partial charge in [-0.25, -0.2) is 4.39 Å². The molecule has 0 saturated carbocycles. The Kier molecular flexibility index (Phi) is 8.91. The van der Waals surface area contributed by atoms with Crippen molar-refractivity contribution in [1.82, 2.24) is 10.2 Å². The largest absolute Gasteiger partial charge is 0.344 e. The van der Waals surface area contributed by atoms with Crippen molar-refractivity contribution in [2.24, 2.45) is 11.7 Å². The zero-order chi connectivity index (χ0) is 21.4. The van der Waals surface area contributed by atoms with Gasteiger partial charge in [0.1, 0.15) is 11.9 Å². The van der Waals surface area contributed by atoms with E-state index in [1.165, 1.54) is 18.2 Å². The molecular weight excluding hydrogens is 395 g/mol. The lowest BCUT2D eigenvalue weighted by Crippen LogP contribution is -2.50. The minimum absolute atomic E-state index is 0.0724. The van der Waals surface area contributed by atoms with Crippen LogP contribution in [0.2, 0.25) is 0 Å². The molecule has 1 aliphatic heterocycles. The van der Waals surface area contributed by atoms with Gasteiger partial charge in [0.15, 0.2) is 0 Å². The topological polar surface area (TPSA) is 105 Å². The van der Waals surface area contributed by atoms with Gasteiger partial charge in [-0.2, -0.15) is 11.8 Å². The SMILES string of the molecule is CSCCC(N)C(=O)N1CCC(C(=O)NC(C)C(=O)Nc2ccccc2F)CC1. The first-order valence-corrected chi connectivity index (χ1v) is 11.1. The fraction of sp³-hybridized carbons (Fsp3) is 0.550. The molecule has 29 heavy (non-hydrogen) atoms. The second-order valence-electron chi connectivity index (χ2n) is 7.19. The van der Waals surface area contributed by atoms with Crippen molar-refractivity contribution in [3.63, 3.8) is 0 Å². The molecular formula is C20H29FN4O3S. The molecule has 160 valence electrons. The normalized spacial score (nSPS) is 16.8. The van der Waals surface area contributed by atoms with Crippen LogP contribution in [0.5, 0.6) is 0 Å². The van der Waals surface area contributed by atoms with E-state index in [4.69, 9.17) is 5.73 Å². The number of piperidine rings is 1. The van der Waals surface area contributed by atoms with Crippen LogP contribution in [0.1, 0.15) is 26.2 Å². The number of nitrogens with one attached hydrogen (secondary N) is 2. The smallest absolute Gasteiger partial charge is 0.246 e. The number of nitrogens with zero attached hydrogens (tertiary/aromatic N) is 1. The third-order valence-electron chi connectivity index (χ3n) is 5.01. The molecule has 1 aliphatic rings. The molecule has 0 aromatic heterocycles. The zero-order valence-corrected chi connectivity index (χ0v) is 17.6. The van der Waals surface area contributed by atoms with E-state index in [1.807, 2.05) is 6.26 Å². The molecule has 1 saturated heterocycles. The molecule has 0 spiro atoms. The van der Waals surface area contributed by atoms with Gasteiger partial charge >= 0.3 is 0 Å². The lowest BCUT2D eigenvalue weighted by atomic mass is 9.95. The standard InChI is InChI=1S/C20H29FN4O3S/c1-13(18(26)24-17-6-4-3-5-15(17)21)23-19(27)14-7-10-25(11-8-14)20(28)16(22)9-12-29-2/h3-6,13-14,16H,7-12,22H2,1-2H3,(H,23,27)(H,24,26). The molecule has 2 unspecified atom stereocenters. The van der Waals surface area contributed by atoms with Crippen molar-refractivity contribution in [1.29, 1.82) is 0 Å². The highest BCUT2D eigenvalue weighted by molar-refractivity contribution is 7.98. The molecule has 1 aromatic carbocycles. The highest BCUT2D eigenvalue weighted by atomic mass is 32.2. The molecule has 0 radical (unpaired) electrons. The predicted octanol–water partition coefficient (Wildman–Crippen LogP) is 1.59. The van der Waals surface area contributed by atoms with Gasteiger partial charge in [-0.05, 0) is 50.3 Å². The summed E-state index contributed by atoms with van der Waals surface area (Å²) in [6.45, 7) is 2.50. The number of rotatable bonds is 8. The highest BCUT2D eigenvalue weighted by Crippen LogP contribution is 2.19. The summed E-state index contributed by atoms with van der Waals surface area (Å²) in [6.07, 6.45) is 3.65. The third kappa shape index (κ3) is 6.71. The number of benzene rings is 1. The first-order chi connectivity index (χ1) is 13.8. The third-order valence-corrected chi connectivity index (χ3v) is 5.66. The van der Waals surface area contributed by atoms with Gasteiger partial charge in [-0.1, -0.05) is 12.1 Å². The molecule has 0 aliphatic carbocycles. The number of amides is 3. The number of para-hydroxylation sites is 1. The highest BCUT2D eigenvalue weighted by Gasteiger charge is 2.30. The van der Waals surface area contributed by atoms with Crippen molar-refractivity contribution >= 4 is 35.2 Å². The quantitative estimate of drug-likeness (QED) is 0.588. The molecule has 3 amide bonds. The van der Waals surface area contributed by atoms with E-state index in [2.05, 4.69) is 10.6 Å². The van der Waals surface area contributed by atoms with Crippen LogP contribution >= 0.6 is 11.8 Å². The van der Waals surface area contributed by atoms with E-state index in [-0.39, 0.29) is 23.4 Å². The summed E-state index contributed by atoms with van der Waals surface area (Å²) >= 11 is 1.65. The molecule has 9 heteroatoms. The van der Waals surface area contributed by atoms with Crippen molar-refractivity contribution in [2.75, 3.05) is 30.4 Å². The van der Waals surface area contributed by atoms with Gasteiger partial charge in [0.25, 0.3) is 0 Å². The van der Waals surface area contributed by atoms with Crippen molar-refractivity contribution in [3.8, 4) is 0 Å². The molecule has 1 fully saturated rings. The van der Waals surface area contributed by atoms with Crippen LogP contribution in [0.25, 0.3) is 0 Å².